The van der Waals surface area contributed by atoms with Crippen molar-refractivity contribution >= 4 is 34.9 Å². The van der Waals surface area contributed by atoms with Gasteiger partial charge in [0.1, 0.15) is 18.2 Å². The van der Waals surface area contributed by atoms with Crippen LogP contribution >= 0.6 is 23.2 Å². The quantitative estimate of drug-likeness (QED) is 0.304. The number of nitrogens with one attached hydrogen (secondary N) is 1. The summed E-state index contributed by atoms with van der Waals surface area (Å²) in [4.78, 5) is 12.8. The number of carbonyl (C=O) groups excluding carboxylic acids is 1. The number of anilines is 1. The van der Waals surface area contributed by atoms with E-state index >= 15 is 0 Å². The number of aryl methyl sites for hydroxylation is 2. The summed E-state index contributed by atoms with van der Waals surface area (Å²) >= 11 is 12.1. The van der Waals surface area contributed by atoms with E-state index in [4.69, 9.17) is 27.9 Å². The van der Waals surface area contributed by atoms with Crippen LogP contribution in [0.1, 0.15) is 32.7 Å². The van der Waals surface area contributed by atoms with Crippen molar-refractivity contribution in [1.29, 1.82) is 0 Å². The van der Waals surface area contributed by atoms with E-state index in [1.54, 1.807) is 35.0 Å². The van der Waals surface area contributed by atoms with Crippen LogP contribution in [0, 0.1) is 19.7 Å². The topological polar surface area (TPSA) is 56.1 Å². The molecule has 0 aliphatic rings. The summed E-state index contributed by atoms with van der Waals surface area (Å²) in [6.07, 6.45) is 0. The van der Waals surface area contributed by atoms with Gasteiger partial charge in [-0.1, -0.05) is 41.4 Å². The highest BCUT2D eigenvalue weighted by Gasteiger charge is 2.12. The highest BCUT2D eigenvalue weighted by molar-refractivity contribution is 6.31. The lowest BCUT2D eigenvalue weighted by Crippen LogP contribution is -2.13. The Hall–Kier alpha value is -3.35. The number of carbonyl (C=O) groups is 1. The van der Waals surface area contributed by atoms with Crippen LogP contribution in [0.15, 0.2) is 66.7 Å². The van der Waals surface area contributed by atoms with Gasteiger partial charge in [-0.05, 0) is 73.0 Å². The molecule has 0 saturated heterocycles. The molecule has 174 valence electrons. The minimum atomic E-state index is -0.394. The number of hydrogen-bond donors (Lipinski definition) is 1. The van der Waals surface area contributed by atoms with Crippen LogP contribution < -0.4 is 10.1 Å². The molecule has 0 fully saturated rings. The fourth-order valence-corrected chi connectivity index (χ4v) is 3.92. The second kappa shape index (κ2) is 10.3. The number of ether oxygens (including phenoxy) is 1. The van der Waals surface area contributed by atoms with Gasteiger partial charge in [-0.3, -0.25) is 9.48 Å². The molecular weight excluding hydrogens is 476 g/mol. The Morgan fingerprint density at radius 1 is 1.06 bits per heavy atom. The zero-order valence-electron chi connectivity index (χ0n) is 18.6. The minimum absolute atomic E-state index is 0.283. The molecule has 8 heteroatoms. The van der Waals surface area contributed by atoms with Crippen LogP contribution in [0.4, 0.5) is 10.2 Å². The number of nitrogens with zero attached hydrogens (tertiary/aromatic N) is 2. The third kappa shape index (κ3) is 5.76. The van der Waals surface area contributed by atoms with Gasteiger partial charge < -0.3 is 10.1 Å². The minimum Gasteiger partial charge on any atom is -0.489 e. The number of aromatic nitrogens is 2. The molecule has 0 spiro atoms. The van der Waals surface area contributed by atoms with E-state index in [0.717, 1.165) is 28.1 Å². The van der Waals surface area contributed by atoms with Crippen molar-refractivity contribution in [2.24, 2.45) is 0 Å². The summed E-state index contributed by atoms with van der Waals surface area (Å²) in [6.45, 7) is 4.47. The first-order valence-electron chi connectivity index (χ1n) is 10.6. The predicted molar refractivity (Wildman–Crippen MR) is 132 cm³/mol. The lowest BCUT2D eigenvalue weighted by molar-refractivity contribution is 0.102. The van der Waals surface area contributed by atoms with E-state index in [-0.39, 0.29) is 5.91 Å². The average molecular weight is 498 g/mol. The first kappa shape index (κ1) is 23.8. The largest absolute Gasteiger partial charge is 0.489 e. The van der Waals surface area contributed by atoms with E-state index in [0.29, 0.717) is 34.6 Å². The maximum atomic E-state index is 13.3. The molecule has 4 rings (SSSR count). The molecule has 0 saturated carbocycles. The zero-order chi connectivity index (χ0) is 24.2. The maximum Gasteiger partial charge on any atom is 0.256 e. The summed E-state index contributed by atoms with van der Waals surface area (Å²) < 4.78 is 20.9. The fourth-order valence-electron chi connectivity index (χ4n) is 3.47. The molecule has 1 N–H and O–H groups in total. The Labute approximate surface area is 207 Å². The molecule has 0 radical (unpaired) electrons. The number of amides is 1. The molecule has 0 aliphatic heterocycles. The van der Waals surface area contributed by atoms with Crippen LogP contribution in [-0.2, 0) is 13.2 Å². The molecule has 1 amide bonds. The molecule has 0 atom stereocenters. The predicted octanol–water partition coefficient (Wildman–Crippen LogP) is 6.83. The molecule has 5 nitrogen and oxygen atoms in total. The van der Waals surface area contributed by atoms with Gasteiger partial charge in [0.15, 0.2) is 5.82 Å². The van der Waals surface area contributed by atoms with Crippen molar-refractivity contribution < 1.29 is 13.9 Å². The number of halogens is 3. The third-order valence-corrected chi connectivity index (χ3v) is 5.87. The zero-order valence-corrected chi connectivity index (χ0v) is 20.1. The summed E-state index contributed by atoms with van der Waals surface area (Å²) in [7, 11) is 0. The highest BCUT2D eigenvalue weighted by atomic mass is 35.5. The molecule has 4 aromatic rings. The molecule has 0 unspecified atom stereocenters. The first-order valence-corrected chi connectivity index (χ1v) is 11.3. The van der Waals surface area contributed by atoms with Gasteiger partial charge in [-0.15, -0.1) is 0 Å². The molecule has 0 aliphatic carbocycles. The average Bonchev–Trinajstić information content (AvgIpc) is 3.13. The molecular formula is C26H22Cl2FN3O2. The van der Waals surface area contributed by atoms with Gasteiger partial charge >= 0.3 is 0 Å². The fraction of sp³-hybridized carbons (Fsp3) is 0.154. The lowest BCUT2D eigenvalue weighted by Gasteiger charge is -2.10. The van der Waals surface area contributed by atoms with E-state index < -0.39 is 5.82 Å². The summed E-state index contributed by atoms with van der Waals surface area (Å²) in [5.41, 5.74) is 3.85. The Balaban J connectivity index is 1.42. The first-order chi connectivity index (χ1) is 16.3. The van der Waals surface area contributed by atoms with E-state index in [9.17, 15) is 9.18 Å². The Kier molecular flexibility index (Phi) is 7.20. The summed E-state index contributed by atoms with van der Waals surface area (Å²) in [6, 6.07) is 18.7. The number of hydrogen-bond acceptors (Lipinski definition) is 3. The molecule has 1 aromatic heterocycles. The van der Waals surface area contributed by atoms with Gasteiger partial charge in [-0.25, -0.2) is 4.39 Å². The van der Waals surface area contributed by atoms with Gasteiger partial charge in [0.25, 0.3) is 5.91 Å². The lowest BCUT2D eigenvalue weighted by atomic mass is 10.1. The van der Waals surface area contributed by atoms with Gasteiger partial charge in [-0.2, -0.15) is 5.10 Å². The van der Waals surface area contributed by atoms with Gasteiger partial charge in [0.2, 0.25) is 0 Å². The van der Waals surface area contributed by atoms with Crippen LogP contribution in [0.2, 0.25) is 10.0 Å². The monoisotopic (exact) mass is 497 g/mol. The Morgan fingerprint density at radius 3 is 2.65 bits per heavy atom. The van der Waals surface area contributed by atoms with E-state index in [1.165, 1.54) is 12.1 Å². The SMILES string of the molecule is Cc1cc(Cl)ccc1OCc1cccc(C(=O)Nc2cc(C)n(Cc3ccc(F)cc3Cl)n2)c1. The van der Waals surface area contributed by atoms with Crippen molar-refractivity contribution in [3.05, 3.63) is 111 Å². The second-order valence-electron chi connectivity index (χ2n) is 7.92. The van der Waals surface area contributed by atoms with Crippen LogP contribution in [-0.4, -0.2) is 15.7 Å². The molecule has 1 heterocycles. The molecule has 0 bridgehead atoms. The van der Waals surface area contributed by atoms with Crippen molar-refractivity contribution in [3.8, 4) is 5.75 Å². The van der Waals surface area contributed by atoms with E-state index in [2.05, 4.69) is 10.4 Å². The molecule has 3 aromatic carbocycles. The van der Waals surface area contributed by atoms with Crippen molar-refractivity contribution in [3.63, 3.8) is 0 Å². The summed E-state index contributed by atoms with van der Waals surface area (Å²) in [5.74, 6) is 0.476. The van der Waals surface area contributed by atoms with Crippen molar-refractivity contribution in [2.75, 3.05) is 5.32 Å². The third-order valence-electron chi connectivity index (χ3n) is 5.28. The summed E-state index contributed by atoms with van der Waals surface area (Å²) in [5, 5.41) is 8.25. The smallest absolute Gasteiger partial charge is 0.256 e. The Morgan fingerprint density at radius 2 is 1.88 bits per heavy atom. The van der Waals surface area contributed by atoms with Crippen molar-refractivity contribution in [2.45, 2.75) is 27.0 Å². The van der Waals surface area contributed by atoms with E-state index in [1.807, 2.05) is 38.1 Å². The Bertz CT molecular complexity index is 1350. The van der Waals surface area contributed by atoms with Crippen molar-refractivity contribution in [1.82, 2.24) is 9.78 Å². The van der Waals surface area contributed by atoms with Gasteiger partial charge in [0.05, 0.1) is 6.54 Å². The van der Waals surface area contributed by atoms with Crippen LogP contribution in [0.25, 0.3) is 0 Å². The molecule has 34 heavy (non-hydrogen) atoms. The van der Waals surface area contributed by atoms with Gasteiger partial charge in [0, 0.05) is 27.4 Å². The van der Waals surface area contributed by atoms with Crippen LogP contribution in [0.5, 0.6) is 5.75 Å². The number of rotatable bonds is 7. The van der Waals surface area contributed by atoms with Crippen LogP contribution in [0.3, 0.4) is 0 Å². The maximum absolute atomic E-state index is 13.3. The normalized spacial score (nSPS) is 10.9. The highest BCUT2D eigenvalue weighted by Crippen LogP contribution is 2.23. The standard InChI is InChI=1S/C26H22Cl2FN3O2/c1-16-10-21(27)7-9-24(16)34-15-18-4-3-5-19(12-18)26(33)30-25-11-17(2)32(31-25)14-20-6-8-22(29)13-23(20)28/h3-13H,14-15H2,1-2H3,(H,30,31,33). The number of benzene rings is 3. The second-order valence-corrected chi connectivity index (χ2v) is 8.76.